The number of anilines is 5. The van der Waals surface area contributed by atoms with E-state index in [0.29, 0.717) is 5.92 Å². The first-order chi connectivity index (χ1) is 24.3. The summed E-state index contributed by atoms with van der Waals surface area (Å²) in [5.74, 6) is 0.362. The second kappa shape index (κ2) is 10.4. The van der Waals surface area contributed by atoms with Crippen LogP contribution in [-0.4, -0.2) is 6.71 Å². The molecule has 0 amide bonds. The standard InChI is InChI=1S/C46H33BN2/c1-3-13-34(14-4-1)48(35-15-5-2-6-16-35)36-25-26-38-39-17-10-20-43-46(39)47(41(38)29-36)40-18-7-8-19-42(40)49(43)37-27-32-23-21-30-11-9-12-31-22-24-33(28-37)45(32)44(30)31/h1,3-5,7-23,25-29,44H,2,6,24H2. The molecule has 0 N–H and O–H groups in total. The van der Waals surface area contributed by atoms with Crippen LogP contribution in [0.2, 0.25) is 0 Å². The van der Waals surface area contributed by atoms with Crippen molar-refractivity contribution in [3.05, 3.63) is 185 Å². The van der Waals surface area contributed by atoms with Gasteiger partial charge in [0.25, 0.3) is 0 Å². The molecule has 0 spiro atoms. The van der Waals surface area contributed by atoms with E-state index in [0.717, 1.165) is 19.3 Å². The first-order valence-electron chi connectivity index (χ1n) is 17.6. The summed E-state index contributed by atoms with van der Waals surface area (Å²) in [5, 5.41) is 0. The number of fused-ring (bicyclic) bond motifs is 5. The van der Waals surface area contributed by atoms with Gasteiger partial charge in [0.15, 0.2) is 0 Å². The Labute approximate surface area is 288 Å². The summed E-state index contributed by atoms with van der Waals surface area (Å²) in [6, 6.07) is 38.9. The van der Waals surface area contributed by atoms with Gasteiger partial charge in [-0.05, 0) is 124 Å². The molecule has 0 saturated heterocycles. The van der Waals surface area contributed by atoms with E-state index >= 15 is 0 Å². The van der Waals surface area contributed by atoms with Crippen LogP contribution in [0.1, 0.15) is 35.4 Å². The molecule has 0 fully saturated rings. The van der Waals surface area contributed by atoms with Crippen LogP contribution in [0.15, 0.2) is 169 Å². The van der Waals surface area contributed by atoms with Crippen molar-refractivity contribution in [3.63, 3.8) is 0 Å². The highest BCUT2D eigenvalue weighted by molar-refractivity contribution is 7.01. The summed E-state index contributed by atoms with van der Waals surface area (Å²) in [5.41, 5.74) is 21.4. The van der Waals surface area contributed by atoms with Gasteiger partial charge in [-0.3, -0.25) is 0 Å². The van der Waals surface area contributed by atoms with Crippen LogP contribution in [0.5, 0.6) is 0 Å². The Hall–Kier alpha value is -5.80. The molecule has 0 radical (unpaired) electrons. The molecule has 2 heterocycles. The minimum absolute atomic E-state index is 0.171. The smallest absolute Gasteiger partial charge is 0.248 e. The van der Waals surface area contributed by atoms with Gasteiger partial charge in [-0.15, -0.1) is 0 Å². The van der Waals surface area contributed by atoms with Gasteiger partial charge in [-0.25, -0.2) is 0 Å². The molecule has 11 rings (SSSR count). The Bertz CT molecular complexity index is 2440. The summed E-state index contributed by atoms with van der Waals surface area (Å²) in [4.78, 5) is 4.97. The monoisotopic (exact) mass is 624 g/mol. The van der Waals surface area contributed by atoms with Crippen LogP contribution in [0.4, 0.5) is 28.4 Å². The zero-order chi connectivity index (χ0) is 32.1. The Morgan fingerprint density at radius 1 is 0.653 bits per heavy atom. The molecular weight excluding hydrogens is 591 g/mol. The summed E-state index contributed by atoms with van der Waals surface area (Å²) >= 11 is 0. The number of para-hydroxylation sites is 2. The molecule has 5 aromatic rings. The molecule has 6 aliphatic rings. The van der Waals surface area contributed by atoms with E-state index in [1.807, 2.05) is 0 Å². The summed E-state index contributed by atoms with van der Waals surface area (Å²) < 4.78 is 0. The molecule has 49 heavy (non-hydrogen) atoms. The van der Waals surface area contributed by atoms with E-state index in [1.165, 1.54) is 89.5 Å². The van der Waals surface area contributed by atoms with Gasteiger partial charge in [0, 0.05) is 40.1 Å². The Balaban J connectivity index is 1.08. The van der Waals surface area contributed by atoms with Crippen LogP contribution < -0.4 is 26.2 Å². The van der Waals surface area contributed by atoms with Crippen molar-refractivity contribution in [2.24, 2.45) is 0 Å². The highest BCUT2D eigenvalue weighted by Gasteiger charge is 2.43. The predicted molar refractivity (Wildman–Crippen MR) is 207 cm³/mol. The van der Waals surface area contributed by atoms with E-state index in [-0.39, 0.29) is 6.71 Å². The molecule has 4 aliphatic carbocycles. The minimum Gasteiger partial charge on any atom is -0.311 e. The van der Waals surface area contributed by atoms with Gasteiger partial charge < -0.3 is 9.80 Å². The average Bonchev–Trinajstić information content (AvgIpc) is 3.50. The lowest BCUT2D eigenvalue weighted by Gasteiger charge is -2.38. The van der Waals surface area contributed by atoms with E-state index in [2.05, 4.69) is 168 Å². The summed E-state index contributed by atoms with van der Waals surface area (Å²) in [6.45, 7) is 0.171. The highest BCUT2D eigenvalue weighted by atomic mass is 15.2. The third-order valence-corrected chi connectivity index (χ3v) is 11.3. The Morgan fingerprint density at radius 3 is 2.47 bits per heavy atom. The number of benzene rings is 5. The Kier molecular flexibility index (Phi) is 5.74. The van der Waals surface area contributed by atoms with Crippen LogP contribution in [0.3, 0.4) is 0 Å². The lowest BCUT2D eigenvalue weighted by molar-refractivity contribution is 0.892. The quantitative estimate of drug-likeness (QED) is 0.180. The van der Waals surface area contributed by atoms with E-state index in [9.17, 15) is 0 Å². The molecule has 2 aliphatic heterocycles. The number of nitrogens with zero attached hydrogens (tertiary/aromatic N) is 2. The maximum Gasteiger partial charge on any atom is 0.248 e. The zero-order valence-electron chi connectivity index (χ0n) is 27.2. The second-order valence-corrected chi connectivity index (χ2v) is 13.9. The normalized spacial score (nSPS) is 18.2. The third kappa shape index (κ3) is 3.90. The lowest BCUT2D eigenvalue weighted by Crippen LogP contribution is -2.54. The molecule has 1 unspecified atom stereocenters. The average molecular weight is 625 g/mol. The number of allylic oxidation sites excluding steroid dienone is 10. The highest BCUT2D eigenvalue weighted by Crippen LogP contribution is 2.49. The summed E-state index contributed by atoms with van der Waals surface area (Å²) in [7, 11) is 0. The molecule has 0 saturated carbocycles. The molecule has 0 aromatic heterocycles. The fourth-order valence-electron chi connectivity index (χ4n) is 9.32. The second-order valence-electron chi connectivity index (χ2n) is 13.9. The van der Waals surface area contributed by atoms with Crippen molar-refractivity contribution >= 4 is 57.6 Å². The van der Waals surface area contributed by atoms with E-state index in [4.69, 9.17) is 0 Å². The fourth-order valence-corrected chi connectivity index (χ4v) is 9.32. The largest absolute Gasteiger partial charge is 0.311 e. The van der Waals surface area contributed by atoms with Gasteiger partial charge in [0.1, 0.15) is 0 Å². The van der Waals surface area contributed by atoms with Crippen molar-refractivity contribution < 1.29 is 0 Å². The zero-order valence-corrected chi connectivity index (χ0v) is 27.2. The van der Waals surface area contributed by atoms with Gasteiger partial charge in [-0.1, -0.05) is 109 Å². The van der Waals surface area contributed by atoms with E-state index in [1.54, 1.807) is 0 Å². The minimum atomic E-state index is 0.171. The van der Waals surface area contributed by atoms with Crippen molar-refractivity contribution in [1.29, 1.82) is 0 Å². The van der Waals surface area contributed by atoms with Gasteiger partial charge >= 0.3 is 0 Å². The first-order valence-corrected chi connectivity index (χ1v) is 17.6. The van der Waals surface area contributed by atoms with Crippen molar-refractivity contribution in [3.8, 4) is 11.1 Å². The maximum atomic E-state index is 2.54. The number of rotatable bonds is 4. The van der Waals surface area contributed by atoms with Gasteiger partial charge in [-0.2, -0.15) is 0 Å². The number of hydrogen-bond acceptors (Lipinski definition) is 2. The molecule has 5 aromatic carbocycles. The summed E-state index contributed by atoms with van der Waals surface area (Å²) in [6.07, 6.45) is 24.0. The lowest BCUT2D eigenvalue weighted by atomic mass is 9.37. The first kappa shape index (κ1) is 27.2. The number of hydrogen-bond donors (Lipinski definition) is 0. The Morgan fingerprint density at radius 2 is 1.55 bits per heavy atom. The predicted octanol–water partition coefficient (Wildman–Crippen LogP) is 9.43. The third-order valence-electron chi connectivity index (χ3n) is 11.3. The van der Waals surface area contributed by atoms with Crippen molar-refractivity contribution in [2.45, 2.75) is 25.2 Å². The topological polar surface area (TPSA) is 6.48 Å². The van der Waals surface area contributed by atoms with Gasteiger partial charge in [0.2, 0.25) is 6.71 Å². The molecule has 2 nitrogen and oxygen atoms in total. The SMILES string of the molecule is C1=CC2=CCc3cc(N4c5ccccc5B5c6cc(N(C7=CCCC=C7)c7ccccc7)ccc6-c6cccc4c65)cc4c3C2C(=C1)C=C4. The van der Waals surface area contributed by atoms with Crippen molar-refractivity contribution in [1.82, 2.24) is 0 Å². The van der Waals surface area contributed by atoms with Crippen LogP contribution >= 0.6 is 0 Å². The molecule has 0 bridgehead atoms. The molecular formula is C46H33BN2. The van der Waals surface area contributed by atoms with Crippen molar-refractivity contribution in [2.75, 3.05) is 9.80 Å². The van der Waals surface area contributed by atoms with Crippen LogP contribution in [-0.2, 0) is 6.42 Å². The van der Waals surface area contributed by atoms with Crippen LogP contribution in [0.25, 0.3) is 17.2 Å². The van der Waals surface area contributed by atoms with E-state index < -0.39 is 0 Å². The molecule has 230 valence electrons. The molecule has 3 heteroatoms. The fraction of sp³-hybridized carbons (Fsp3) is 0.0870. The van der Waals surface area contributed by atoms with Crippen LogP contribution in [0, 0.1) is 0 Å². The maximum absolute atomic E-state index is 2.54. The molecule has 1 atom stereocenters. The van der Waals surface area contributed by atoms with Gasteiger partial charge in [0.05, 0.1) is 0 Å².